The summed E-state index contributed by atoms with van der Waals surface area (Å²) < 4.78 is 0. The summed E-state index contributed by atoms with van der Waals surface area (Å²) in [6, 6.07) is 18.1. The van der Waals surface area contributed by atoms with Crippen LogP contribution >= 0.6 is 11.8 Å². The first kappa shape index (κ1) is 21.8. The van der Waals surface area contributed by atoms with E-state index in [1.807, 2.05) is 60.8 Å². The number of guanidine groups is 1. The smallest absolute Gasteiger partial charge is 0.253 e. The number of carbonyl (C=O) groups excluding carboxylic acids is 1. The standard InChI is InChI=1S/C22H30N4OS/c1-4-26(5-2)21(27)19-13-11-18(12-14-19)17-25-22(23-3)24-15-16-28-20-9-7-6-8-10-20/h6-14H,4-5,15-17H2,1-3H3,(H2,23,24,25). The summed E-state index contributed by atoms with van der Waals surface area (Å²) in [6.45, 7) is 6.93. The van der Waals surface area contributed by atoms with Gasteiger partial charge in [0.05, 0.1) is 0 Å². The van der Waals surface area contributed by atoms with Gasteiger partial charge in [-0.15, -0.1) is 11.8 Å². The lowest BCUT2D eigenvalue weighted by atomic mass is 10.1. The number of nitrogens with one attached hydrogen (secondary N) is 2. The van der Waals surface area contributed by atoms with Crippen LogP contribution in [-0.2, 0) is 6.54 Å². The van der Waals surface area contributed by atoms with Crippen molar-refractivity contribution in [1.82, 2.24) is 15.5 Å². The molecule has 6 heteroatoms. The van der Waals surface area contributed by atoms with Crippen molar-refractivity contribution in [2.45, 2.75) is 25.3 Å². The lowest BCUT2D eigenvalue weighted by molar-refractivity contribution is 0.0773. The van der Waals surface area contributed by atoms with Gasteiger partial charge in [-0.2, -0.15) is 0 Å². The van der Waals surface area contributed by atoms with Gasteiger partial charge in [0, 0.05) is 49.4 Å². The Balaban J connectivity index is 1.76. The number of hydrogen-bond acceptors (Lipinski definition) is 3. The van der Waals surface area contributed by atoms with Gasteiger partial charge < -0.3 is 15.5 Å². The topological polar surface area (TPSA) is 56.7 Å². The third-order valence-electron chi connectivity index (χ3n) is 4.34. The van der Waals surface area contributed by atoms with E-state index < -0.39 is 0 Å². The molecule has 2 aromatic carbocycles. The first-order chi connectivity index (χ1) is 13.7. The van der Waals surface area contributed by atoms with Crippen molar-refractivity contribution < 1.29 is 4.79 Å². The van der Waals surface area contributed by atoms with Crippen LogP contribution in [0.4, 0.5) is 0 Å². The molecule has 0 saturated carbocycles. The molecule has 150 valence electrons. The number of nitrogens with zero attached hydrogens (tertiary/aromatic N) is 2. The molecule has 0 saturated heterocycles. The van der Waals surface area contributed by atoms with E-state index in [0.29, 0.717) is 6.54 Å². The third-order valence-corrected chi connectivity index (χ3v) is 5.36. The number of amides is 1. The summed E-state index contributed by atoms with van der Waals surface area (Å²) in [5, 5.41) is 6.64. The van der Waals surface area contributed by atoms with Crippen molar-refractivity contribution in [2.75, 3.05) is 32.4 Å². The van der Waals surface area contributed by atoms with Gasteiger partial charge in [0.15, 0.2) is 5.96 Å². The van der Waals surface area contributed by atoms with Crippen molar-refractivity contribution in [2.24, 2.45) is 4.99 Å². The van der Waals surface area contributed by atoms with E-state index in [9.17, 15) is 4.79 Å². The molecule has 0 bridgehead atoms. The van der Waals surface area contributed by atoms with E-state index in [0.717, 1.165) is 42.5 Å². The molecule has 0 spiro atoms. The van der Waals surface area contributed by atoms with Gasteiger partial charge in [0.25, 0.3) is 5.91 Å². The van der Waals surface area contributed by atoms with Crippen LogP contribution in [-0.4, -0.2) is 49.2 Å². The SMILES string of the molecule is CCN(CC)C(=O)c1ccc(CNC(=NC)NCCSc2ccccc2)cc1. The number of carbonyl (C=O) groups is 1. The van der Waals surface area contributed by atoms with E-state index >= 15 is 0 Å². The highest BCUT2D eigenvalue weighted by Crippen LogP contribution is 2.15. The molecule has 0 fully saturated rings. The molecule has 0 aliphatic carbocycles. The van der Waals surface area contributed by atoms with Crippen molar-refractivity contribution >= 4 is 23.6 Å². The predicted octanol–water partition coefficient (Wildman–Crippen LogP) is 3.63. The lowest BCUT2D eigenvalue weighted by Gasteiger charge is -2.18. The van der Waals surface area contributed by atoms with Crippen LogP contribution in [0.3, 0.4) is 0 Å². The van der Waals surface area contributed by atoms with Crippen LogP contribution in [0, 0.1) is 0 Å². The Morgan fingerprint density at radius 1 is 1.00 bits per heavy atom. The molecule has 28 heavy (non-hydrogen) atoms. The lowest BCUT2D eigenvalue weighted by Crippen LogP contribution is -2.37. The van der Waals surface area contributed by atoms with Gasteiger partial charge in [-0.25, -0.2) is 0 Å². The molecule has 0 radical (unpaired) electrons. The number of hydrogen-bond donors (Lipinski definition) is 2. The quantitative estimate of drug-likeness (QED) is 0.293. The highest BCUT2D eigenvalue weighted by atomic mass is 32.2. The van der Waals surface area contributed by atoms with Gasteiger partial charge in [-0.3, -0.25) is 9.79 Å². The molecule has 0 aliphatic heterocycles. The van der Waals surface area contributed by atoms with Crippen LogP contribution in [0.2, 0.25) is 0 Å². The summed E-state index contributed by atoms with van der Waals surface area (Å²) in [5.74, 6) is 1.82. The number of benzene rings is 2. The molecule has 0 atom stereocenters. The molecule has 5 nitrogen and oxygen atoms in total. The highest BCUT2D eigenvalue weighted by Gasteiger charge is 2.11. The first-order valence-electron chi connectivity index (χ1n) is 9.68. The minimum absolute atomic E-state index is 0.0814. The van der Waals surface area contributed by atoms with Gasteiger partial charge in [-0.1, -0.05) is 30.3 Å². The Hall–Kier alpha value is -2.47. The summed E-state index contributed by atoms with van der Waals surface area (Å²) in [6.07, 6.45) is 0. The second-order valence-electron chi connectivity index (χ2n) is 6.19. The molecule has 0 aliphatic rings. The van der Waals surface area contributed by atoms with Gasteiger partial charge in [0.2, 0.25) is 0 Å². The average Bonchev–Trinajstić information content (AvgIpc) is 2.75. The minimum atomic E-state index is 0.0814. The van der Waals surface area contributed by atoms with Crippen molar-refractivity contribution in [3.05, 3.63) is 65.7 Å². The minimum Gasteiger partial charge on any atom is -0.356 e. The van der Waals surface area contributed by atoms with Crippen LogP contribution in [0.15, 0.2) is 64.5 Å². The summed E-state index contributed by atoms with van der Waals surface area (Å²) in [4.78, 5) is 19.7. The van der Waals surface area contributed by atoms with E-state index in [1.54, 1.807) is 7.05 Å². The third kappa shape index (κ3) is 6.93. The van der Waals surface area contributed by atoms with E-state index in [-0.39, 0.29) is 5.91 Å². The fourth-order valence-corrected chi connectivity index (χ4v) is 3.51. The Kier molecular flexibility index (Phi) is 9.42. The van der Waals surface area contributed by atoms with Crippen LogP contribution in [0.25, 0.3) is 0 Å². The molecule has 0 aromatic heterocycles. The Bertz CT molecular complexity index is 743. The van der Waals surface area contributed by atoms with Crippen molar-refractivity contribution in [1.29, 1.82) is 0 Å². The second kappa shape index (κ2) is 12.1. The number of thioether (sulfide) groups is 1. The maximum atomic E-state index is 12.4. The maximum Gasteiger partial charge on any atom is 0.253 e. The second-order valence-corrected chi connectivity index (χ2v) is 7.36. The fourth-order valence-electron chi connectivity index (χ4n) is 2.72. The number of aliphatic imine (C=N–C) groups is 1. The zero-order valence-electron chi connectivity index (χ0n) is 16.9. The van der Waals surface area contributed by atoms with E-state index in [2.05, 4.69) is 39.9 Å². The zero-order valence-corrected chi connectivity index (χ0v) is 17.8. The van der Waals surface area contributed by atoms with Crippen molar-refractivity contribution in [3.8, 4) is 0 Å². The Morgan fingerprint density at radius 3 is 2.29 bits per heavy atom. The monoisotopic (exact) mass is 398 g/mol. The van der Waals surface area contributed by atoms with Crippen LogP contribution < -0.4 is 10.6 Å². The highest BCUT2D eigenvalue weighted by molar-refractivity contribution is 7.99. The molecule has 2 N–H and O–H groups in total. The first-order valence-corrected chi connectivity index (χ1v) is 10.7. The molecule has 0 heterocycles. The molecule has 2 aromatic rings. The van der Waals surface area contributed by atoms with Crippen LogP contribution in [0.1, 0.15) is 29.8 Å². The van der Waals surface area contributed by atoms with E-state index in [4.69, 9.17) is 0 Å². The largest absolute Gasteiger partial charge is 0.356 e. The van der Waals surface area contributed by atoms with E-state index in [1.165, 1.54) is 4.90 Å². The van der Waals surface area contributed by atoms with Gasteiger partial charge >= 0.3 is 0 Å². The van der Waals surface area contributed by atoms with Gasteiger partial charge in [0.1, 0.15) is 0 Å². The van der Waals surface area contributed by atoms with Crippen molar-refractivity contribution in [3.63, 3.8) is 0 Å². The molecule has 1 amide bonds. The summed E-state index contributed by atoms with van der Waals surface area (Å²) >= 11 is 1.82. The van der Waals surface area contributed by atoms with Crippen LogP contribution in [0.5, 0.6) is 0 Å². The summed E-state index contributed by atoms with van der Waals surface area (Å²) in [5.41, 5.74) is 1.84. The molecular weight excluding hydrogens is 368 g/mol. The molecular formula is C22H30N4OS. The number of rotatable bonds is 9. The normalized spacial score (nSPS) is 11.2. The molecule has 0 unspecified atom stereocenters. The Labute approximate surface area is 172 Å². The zero-order chi connectivity index (χ0) is 20.2. The molecule has 2 rings (SSSR count). The maximum absolute atomic E-state index is 12.4. The average molecular weight is 399 g/mol. The predicted molar refractivity (Wildman–Crippen MR) is 119 cm³/mol. The summed E-state index contributed by atoms with van der Waals surface area (Å²) in [7, 11) is 1.77. The Morgan fingerprint density at radius 2 is 1.68 bits per heavy atom. The fraction of sp³-hybridized carbons (Fsp3) is 0.364. The van der Waals surface area contributed by atoms with Gasteiger partial charge in [-0.05, 0) is 43.7 Å².